The highest BCUT2D eigenvalue weighted by Crippen LogP contribution is 2.29. The summed E-state index contributed by atoms with van der Waals surface area (Å²) < 4.78 is 1.62. The minimum Gasteiger partial charge on any atom is -0.506 e. The van der Waals surface area contributed by atoms with Gasteiger partial charge in [-0.1, -0.05) is 20.8 Å². The maximum absolute atomic E-state index is 11.1. The third kappa shape index (κ3) is 1.73. The van der Waals surface area contributed by atoms with Gasteiger partial charge >= 0.3 is 5.97 Å². The Bertz CT molecular complexity index is 594. The molecule has 17 heavy (non-hydrogen) atoms. The zero-order chi connectivity index (χ0) is 12.8. The number of rotatable bonds is 1. The van der Waals surface area contributed by atoms with E-state index in [-0.39, 0.29) is 22.4 Å². The lowest BCUT2D eigenvalue weighted by atomic mass is 9.96. The predicted molar refractivity (Wildman–Crippen MR) is 62.5 cm³/mol. The van der Waals surface area contributed by atoms with E-state index in [0.717, 1.165) is 0 Å². The molecule has 0 spiro atoms. The van der Waals surface area contributed by atoms with Gasteiger partial charge in [-0.25, -0.2) is 9.78 Å². The molecular weight excluding hydrogens is 220 g/mol. The lowest BCUT2D eigenvalue weighted by molar-refractivity contribution is 0.0692. The van der Waals surface area contributed by atoms with Crippen molar-refractivity contribution in [1.29, 1.82) is 0 Å². The van der Waals surface area contributed by atoms with E-state index < -0.39 is 5.97 Å². The summed E-state index contributed by atoms with van der Waals surface area (Å²) in [7, 11) is 0. The molecular formula is C12H14N2O3. The second-order valence-electron chi connectivity index (χ2n) is 4.95. The number of nitrogens with zero attached hydrogens (tertiary/aromatic N) is 2. The number of aromatic carboxylic acids is 1. The highest BCUT2D eigenvalue weighted by atomic mass is 16.4. The van der Waals surface area contributed by atoms with Crippen LogP contribution in [0, 0.1) is 0 Å². The maximum Gasteiger partial charge on any atom is 0.356 e. The Kier molecular flexibility index (Phi) is 2.34. The third-order valence-electron chi connectivity index (χ3n) is 2.52. The van der Waals surface area contributed by atoms with Crippen molar-refractivity contribution in [2.75, 3.05) is 0 Å². The lowest BCUT2D eigenvalue weighted by Gasteiger charge is -2.16. The van der Waals surface area contributed by atoms with E-state index in [1.165, 1.54) is 6.07 Å². The Hall–Kier alpha value is -2.04. The van der Waals surface area contributed by atoms with Gasteiger partial charge in [0.25, 0.3) is 0 Å². The van der Waals surface area contributed by atoms with Crippen molar-refractivity contribution in [1.82, 2.24) is 9.38 Å². The normalized spacial score (nSPS) is 11.9. The minimum absolute atomic E-state index is 0.0760. The number of carbonyl (C=O) groups is 1. The van der Waals surface area contributed by atoms with Gasteiger partial charge in [-0.3, -0.25) is 4.40 Å². The Balaban J connectivity index is 2.90. The first-order chi connectivity index (χ1) is 7.82. The van der Waals surface area contributed by atoms with E-state index in [1.807, 2.05) is 20.8 Å². The number of pyridine rings is 1. The van der Waals surface area contributed by atoms with Crippen molar-refractivity contribution in [3.8, 4) is 5.75 Å². The number of hydrogen-bond acceptors (Lipinski definition) is 3. The molecule has 0 saturated heterocycles. The quantitative estimate of drug-likeness (QED) is 0.791. The van der Waals surface area contributed by atoms with Crippen LogP contribution in [0.1, 0.15) is 37.1 Å². The van der Waals surface area contributed by atoms with Crippen LogP contribution < -0.4 is 0 Å². The number of hydrogen-bond donors (Lipinski definition) is 2. The summed E-state index contributed by atoms with van der Waals surface area (Å²) in [6.45, 7) is 5.83. The Morgan fingerprint density at radius 1 is 1.41 bits per heavy atom. The van der Waals surface area contributed by atoms with Crippen LogP contribution in [0.25, 0.3) is 5.52 Å². The zero-order valence-corrected chi connectivity index (χ0v) is 9.93. The Morgan fingerprint density at radius 3 is 2.59 bits per heavy atom. The molecule has 0 radical (unpaired) electrons. The average Bonchev–Trinajstić information content (AvgIpc) is 2.57. The van der Waals surface area contributed by atoms with Gasteiger partial charge in [0, 0.05) is 11.6 Å². The molecule has 0 fully saturated rings. The van der Waals surface area contributed by atoms with Gasteiger partial charge in [-0.15, -0.1) is 0 Å². The summed E-state index contributed by atoms with van der Waals surface area (Å²) in [5.41, 5.74) is -0.178. The molecule has 2 aromatic heterocycles. The molecule has 0 aliphatic rings. The molecule has 2 heterocycles. The molecule has 0 unspecified atom stereocenters. The van der Waals surface area contributed by atoms with Crippen molar-refractivity contribution in [3.63, 3.8) is 0 Å². The average molecular weight is 234 g/mol. The Labute approximate surface area is 98.3 Å². The van der Waals surface area contributed by atoms with Crippen molar-refractivity contribution in [2.24, 2.45) is 0 Å². The highest BCUT2D eigenvalue weighted by molar-refractivity contribution is 5.95. The van der Waals surface area contributed by atoms with Crippen molar-refractivity contribution in [3.05, 3.63) is 29.8 Å². The van der Waals surface area contributed by atoms with E-state index in [0.29, 0.717) is 5.82 Å². The van der Waals surface area contributed by atoms with Crippen LogP contribution in [0.4, 0.5) is 0 Å². The van der Waals surface area contributed by atoms with E-state index >= 15 is 0 Å². The number of fused-ring (bicyclic) bond motifs is 1. The second-order valence-corrected chi connectivity index (χ2v) is 4.95. The standard InChI is InChI=1S/C12H14N2O3/c1-12(2,3)11-13-8(10(16)17)9-7(15)5-4-6-14(9)11/h4-6,15H,1-3H3,(H,16,17). The molecule has 0 saturated carbocycles. The third-order valence-corrected chi connectivity index (χ3v) is 2.52. The minimum atomic E-state index is -1.14. The van der Waals surface area contributed by atoms with E-state index in [4.69, 9.17) is 5.11 Å². The number of aromatic nitrogens is 2. The number of carboxylic acids is 1. The SMILES string of the molecule is CC(C)(C)c1nc(C(=O)O)c2c(O)cccn12. The van der Waals surface area contributed by atoms with Gasteiger partial charge in [0.2, 0.25) is 0 Å². The van der Waals surface area contributed by atoms with E-state index in [1.54, 1.807) is 16.7 Å². The number of imidazole rings is 1. The summed E-state index contributed by atoms with van der Waals surface area (Å²) in [4.78, 5) is 15.2. The van der Waals surface area contributed by atoms with Crippen molar-refractivity contribution >= 4 is 11.5 Å². The Morgan fingerprint density at radius 2 is 2.06 bits per heavy atom. The molecule has 0 bridgehead atoms. The molecule has 90 valence electrons. The van der Waals surface area contributed by atoms with Crippen LogP contribution in [0.2, 0.25) is 0 Å². The first-order valence-electron chi connectivity index (χ1n) is 5.26. The molecule has 2 N–H and O–H groups in total. The molecule has 0 amide bonds. The summed E-state index contributed by atoms with van der Waals surface area (Å²) in [5, 5.41) is 18.9. The van der Waals surface area contributed by atoms with Crippen molar-refractivity contribution < 1.29 is 15.0 Å². The smallest absolute Gasteiger partial charge is 0.356 e. The summed E-state index contributed by atoms with van der Waals surface area (Å²) in [5.74, 6) is -0.604. The van der Waals surface area contributed by atoms with Gasteiger partial charge < -0.3 is 10.2 Å². The topological polar surface area (TPSA) is 74.8 Å². The van der Waals surface area contributed by atoms with Crippen LogP contribution in [0.15, 0.2) is 18.3 Å². The lowest BCUT2D eigenvalue weighted by Crippen LogP contribution is -2.15. The first kappa shape index (κ1) is 11.4. The molecule has 0 aliphatic heterocycles. The van der Waals surface area contributed by atoms with Crippen LogP contribution in [-0.2, 0) is 5.41 Å². The number of aromatic hydroxyl groups is 1. The van der Waals surface area contributed by atoms with Gasteiger partial charge in [-0.05, 0) is 12.1 Å². The van der Waals surface area contributed by atoms with Gasteiger partial charge in [-0.2, -0.15) is 0 Å². The van der Waals surface area contributed by atoms with Gasteiger partial charge in [0.1, 0.15) is 17.1 Å². The largest absolute Gasteiger partial charge is 0.506 e. The van der Waals surface area contributed by atoms with E-state index in [9.17, 15) is 9.90 Å². The molecule has 0 aromatic carbocycles. The van der Waals surface area contributed by atoms with Crippen LogP contribution in [-0.4, -0.2) is 25.6 Å². The van der Waals surface area contributed by atoms with Gasteiger partial charge in [0.15, 0.2) is 5.69 Å². The molecule has 5 heteroatoms. The molecule has 0 aliphatic carbocycles. The second kappa shape index (κ2) is 3.48. The van der Waals surface area contributed by atoms with Gasteiger partial charge in [0.05, 0.1) is 0 Å². The van der Waals surface area contributed by atoms with Crippen LogP contribution in [0.3, 0.4) is 0 Å². The summed E-state index contributed by atoms with van der Waals surface area (Å²) in [6.07, 6.45) is 1.70. The predicted octanol–water partition coefficient (Wildman–Crippen LogP) is 2.04. The van der Waals surface area contributed by atoms with Crippen LogP contribution >= 0.6 is 0 Å². The zero-order valence-electron chi connectivity index (χ0n) is 9.93. The first-order valence-corrected chi connectivity index (χ1v) is 5.26. The number of carboxylic acid groups (broad SMARTS) is 1. The fourth-order valence-electron chi connectivity index (χ4n) is 1.80. The van der Waals surface area contributed by atoms with Crippen molar-refractivity contribution in [2.45, 2.75) is 26.2 Å². The maximum atomic E-state index is 11.1. The molecule has 5 nitrogen and oxygen atoms in total. The van der Waals surface area contributed by atoms with E-state index in [2.05, 4.69) is 4.98 Å². The summed E-state index contributed by atoms with van der Waals surface area (Å²) in [6, 6.07) is 3.11. The summed E-state index contributed by atoms with van der Waals surface area (Å²) >= 11 is 0. The van der Waals surface area contributed by atoms with Crippen LogP contribution in [0.5, 0.6) is 5.75 Å². The molecule has 0 atom stereocenters. The fourth-order valence-corrected chi connectivity index (χ4v) is 1.80. The fraction of sp³-hybridized carbons (Fsp3) is 0.333. The monoisotopic (exact) mass is 234 g/mol. The highest BCUT2D eigenvalue weighted by Gasteiger charge is 2.26. The molecule has 2 aromatic rings. The molecule has 2 rings (SSSR count).